The molecule has 0 saturated heterocycles. The average Bonchev–Trinajstić information content (AvgIpc) is 3.14. The predicted octanol–water partition coefficient (Wildman–Crippen LogP) is 3.41. The topological polar surface area (TPSA) is 81.2 Å². The average molecular weight is 327 g/mol. The number of aromatic nitrogens is 2. The first-order valence-electron chi connectivity index (χ1n) is 8.07. The van der Waals surface area contributed by atoms with Gasteiger partial charge in [0.25, 0.3) is 0 Å². The van der Waals surface area contributed by atoms with E-state index in [0.29, 0.717) is 18.1 Å². The lowest BCUT2D eigenvalue weighted by Crippen LogP contribution is -2.28. The van der Waals surface area contributed by atoms with Crippen molar-refractivity contribution in [3.63, 3.8) is 0 Å². The first-order chi connectivity index (χ1) is 11.5. The number of nitrogens with one attached hydrogen (secondary N) is 1. The van der Waals surface area contributed by atoms with E-state index in [1.807, 2.05) is 33.8 Å². The van der Waals surface area contributed by atoms with Gasteiger partial charge in [0.15, 0.2) is 5.82 Å². The van der Waals surface area contributed by atoms with E-state index in [2.05, 4.69) is 21.5 Å². The molecule has 0 aliphatic heterocycles. The molecule has 0 saturated carbocycles. The third-order valence-electron chi connectivity index (χ3n) is 3.99. The van der Waals surface area contributed by atoms with E-state index in [1.165, 1.54) is 0 Å². The molecule has 6 heteroatoms. The van der Waals surface area contributed by atoms with Crippen molar-refractivity contribution in [2.75, 3.05) is 0 Å². The van der Waals surface area contributed by atoms with E-state index < -0.39 is 0 Å². The molecule has 126 valence electrons. The van der Waals surface area contributed by atoms with Crippen LogP contribution >= 0.6 is 0 Å². The number of furan rings is 1. The van der Waals surface area contributed by atoms with Crippen LogP contribution in [0.3, 0.4) is 0 Å². The Hall–Kier alpha value is -2.63. The lowest BCUT2D eigenvalue weighted by Gasteiger charge is -2.09. The molecule has 3 aromatic rings. The minimum atomic E-state index is -0.327. The highest BCUT2D eigenvalue weighted by molar-refractivity contribution is 5.90. The van der Waals surface area contributed by atoms with E-state index >= 15 is 0 Å². The van der Waals surface area contributed by atoms with Crippen molar-refractivity contribution in [1.29, 1.82) is 0 Å². The van der Waals surface area contributed by atoms with Gasteiger partial charge in [-0.2, -0.15) is 4.98 Å². The predicted molar refractivity (Wildman–Crippen MR) is 89.6 cm³/mol. The molecule has 1 aromatic carbocycles. The highest BCUT2D eigenvalue weighted by atomic mass is 16.5. The number of carbonyl (C=O) groups excluding carboxylic acids is 1. The van der Waals surface area contributed by atoms with Crippen LogP contribution in [0.25, 0.3) is 11.0 Å². The zero-order valence-corrected chi connectivity index (χ0v) is 14.3. The second-order valence-corrected chi connectivity index (χ2v) is 6.08. The van der Waals surface area contributed by atoms with Crippen molar-refractivity contribution in [1.82, 2.24) is 15.5 Å². The summed E-state index contributed by atoms with van der Waals surface area (Å²) in [4.78, 5) is 16.6. The van der Waals surface area contributed by atoms with Crippen LogP contribution in [0.1, 0.15) is 48.3 Å². The van der Waals surface area contributed by atoms with Crippen LogP contribution in [0.5, 0.6) is 0 Å². The van der Waals surface area contributed by atoms with Gasteiger partial charge in [0.2, 0.25) is 11.8 Å². The van der Waals surface area contributed by atoms with Crippen LogP contribution in [0.15, 0.2) is 27.3 Å². The van der Waals surface area contributed by atoms with Gasteiger partial charge < -0.3 is 14.3 Å². The molecule has 0 spiro atoms. The summed E-state index contributed by atoms with van der Waals surface area (Å²) in [5.41, 5.74) is 3.95. The first kappa shape index (κ1) is 16.2. The molecule has 0 aliphatic carbocycles. The largest absolute Gasteiger partial charge is 0.464 e. The Morgan fingerprint density at radius 1 is 1.33 bits per heavy atom. The molecule has 2 aromatic heterocycles. The molecule has 3 rings (SSSR count). The first-order valence-corrected chi connectivity index (χ1v) is 8.07. The molecule has 1 N–H and O–H groups in total. The number of nitrogens with zero attached hydrogens (tertiary/aromatic N) is 2. The zero-order valence-electron chi connectivity index (χ0n) is 14.3. The van der Waals surface area contributed by atoms with Crippen molar-refractivity contribution in [2.24, 2.45) is 0 Å². The number of fused-ring (bicyclic) bond motifs is 1. The molecular weight excluding hydrogens is 306 g/mol. The standard InChI is InChI=1S/C18H21N3O3/c1-5-15-20-18(24-21-15)12(4)19-16(22)8-13-9-23-14-7-10(2)6-11(3)17(13)14/h6-7,9,12H,5,8H2,1-4H3,(H,19,22)/t12-/m1/s1. The van der Waals surface area contributed by atoms with Gasteiger partial charge in [-0.15, -0.1) is 0 Å². The summed E-state index contributed by atoms with van der Waals surface area (Å²) >= 11 is 0. The van der Waals surface area contributed by atoms with Crippen LogP contribution in [-0.2, 0) is 17.6 Å². The summed E-state index contributed by atoms with van der Waals surface area (Å²) in [5.74, 6) is 0.948. The Balaban J connectivity index is 1.73. The molecule has 24 heavy (non-hydrogen) atoms. The van der Waals surface area contributed by atoms with Crippen LogP contribution < -0.4 is 5.32 Å². The van der Waals surface area contributed by atoms with Crippen molar-refractivity contribution in [3.8, 4) is 0 Å². The van der Waals surface area contributed by atoms with Gasteiger partial charge in [-0.1, -0.05) is 18.1 Å². The summed E-state index contributed by atoms with van der Waals surface area (Å²) < 4.78 is 10.8. The Morgan fingerprint density at radius 2 is 2.12 bits per heavy atom. The number of hydrogen-bond acceptors (Lipinski definition) is 5. The molecule has 2 heterocycles. The molecule has 1 atom stereocenters. The maximum Gasteiger partial charge on any atom is 0.248 e. The monoisotopic (exact) mass is 327 g/mol. The maximum atomic E-state index is 12.3. The van der Waals surface area contributed by atoms with Gasteiger partial charge in [-0.05, 0) is 38.0 Å². The Kier molecular flexibility index (Phi) is 4.38. The van der Waals surface area contributed by atoms with Gasteiger partial charge in [-0.25, -0.2) is 0 Å². The van der Waals surface area contributed by atoms with Gasteiger partial charge >= 0.3 is 0 Å². The third-order valence-corrected chi connectivity index (χ3v) is 3.99. The van der Waals surface area contributed by atoms with Crippen molar-refractivity contribution in [2.45, 2.75) is 46.6 Å². The molecule has 0 fully saturated rings. The Bertz CT molecular complexity index is 879. The minimum Gasteiger partial charge on any atom is -0.464 e. The molecule has 0 bridgehead atoms. The summed E-state index contributed by atoms with van der Waals surface area (Å²) in [6.07, 6.45) is 2.60. The fourth-order valence-corrected chi connectivity index (χ4v) is 2.87. The van der Waals surface area contributed by atoms with Crippen LogP contribution in [-0.4, -0.2) is 16.0 Å². The molecule has 0 aliphatic rings. The van der Waals surface area contributed by atoms with E-state index in [1.54, 1.807) is 6.26 Å². The maximum absolute atomic E-state index is 12.3. The normalized spacial score (nSPS) is 12.5. The summed E-state index contributed by atoms with van der Waals surface area (Å²) in [6, 6.07) is 3.75. The number of rotatable bonds is 5. The van der Waals surface area contributed by atoms with Crippen molar-refractivity contribution in [3.05, 3.63) is 46.8 Å². The fraction of sp³-hybridized carbons (Fsp3) is 0.389. The van der Waals surface area contributed by atoms with E-state index in [9.17, 15) is 4.79 Å². The van der Waals surface area contributed by atoms with Gasteiger partial charge in [-0.3, -0.25) is 4.79 Å². The minimum absolute atomic E-state index is 0.110. The Morgan fingerprint density at radius 3 is 2.83 bits per heavy atom. The highest BCUT2D eigenvalue weighted by Crippen LogP contribution is 2.26. The van der Waals surface area contributed by atoms with Gasteiger partial charge in [0, 0.05) is 17.4 Å². The van der Waals surface area contributed by atoms with E-state index in [4.69, 9.17) is 8.94 Å². The van der Waals surface area contributed by atoms with Crippen LogP contribution in [0, 0.1) is 13.8 Å². The number of hydrogen-bond donors (Lipinski definition) is 1. The summed E-state index contributed by atoms with van der Waals surface area (Å²) in [5, 5.41) is 7.75. The SMILES string of the molecule is CCc1noc([C@@H](C)NC(=O)Cc2coc3cc(C)cc(C)c23)n1. The summed E-state index contributed by atoms with van der Waals surface area (Å²) in [6.45, 7) is 7.83. The fourth-order valence-electron chi connectivity index (χ4n) is 2.87. The number of benzene rings is 1. The second-order valence-electron chi connectivity index (χ2n) is 6.08. The van der Waals surface area contributed by atoms with E-state index in [0.717, 1.165) is 27.7 Å². The van der Waals surface area contributed by atoms with Crippen LogP contribution in [0.2, 0.25) is 0 Å². The molecular formula is C18H21N3O3. The molecule has 1 amide bonds. The van der Waals surface area contributed by atoms with Crippen molar-refractivity contribution < 1.29 is 13.7 Å². The lowest BCUT2D eigenvalue weighted by atomic mass is 10.0. The molecule has 0 radical (unpaired) electrons. The quantitative estimate of drug-likeness (QED) is 0.776. The zero-order chi connectivity index (χ0) is 17.3. The van der Waals surface area contributed by atoms with Gasteiger partial charge in [0.1, 0.15) is 11.6 Å². The number of amides is 1. The smallest absolute Gasteiger partial charge is 0.248 e. The number of carbonyl (C=O) groups is 1. The summed E-state index contributed by atoms with van der Waals surface area (Å²) in [7, 11) is 0. The van der Waals surface area contributed by atoms with Gasteiger partial charge in [0.05, 0.1) is 12.7 Å². The Labute approximate surface area is 140 Å². The van der Waals surface area contributed by atoms with Crippen molar-refractivity contribution >= 4 is 16.9 Å². The number of aryl methyl sites for hydroxylation is 3. The van der Waals surface area contributed by atoms with E-state index in [-0.39, 0.29) is 18.4 Å². The molecule has 0 unspecified atom stereocenters. The van der Waals surface area contributed by atoms with Crippen LogP contribution in [0.4, 0.5) is 0 Å². The third kappa shape index (κ3) is 3.18. The second kappa shape index (κ2) is 6.47. The lowest BCUT2D eigenvalue weighted by molar-refractivity contribution is -0.121. The molecule has 6 nitrogen and oxygen atoms in total. The highest BCUT2D eigenvalue weighted by Gasteiger charge is 2.18.